The van der Waals surface area contributed by atoms with Gasteiger partial charge in [0.1, 0.15) is 5.82 Å². The van der Waals surface area contributed by atoms with E-state index in [1.807, 2.05) is 42.6 Å². The second kappa shape index (κ2) is 8.73. The lowest BCUT2D eigenvalue weighted by Gasteiger charge is -2.14. The van der Waals surface area contributed by atoms with Gasteiger partial charge in [0.15, 0.2) is 11.5 Å². The Morgan fingerprint density at radius 1 is 1.07 bits per heavy atom. The van der Waals surface area contributed by atoms with Crippen LogP contribution in [0.25, 0.3) is 10.9 Å². The van der Waals surface area contributed by atoms with Gasteiger partial charge in [-0.1, -0.05) is 30.3 Å². The van der Waals surface area contributed by atoms with Crippen molar-refractivity contribution in [2.45, 2.75) is 19.4 Å². The number of carbonyl (C=O) groups excluding carboxylic acids is 1. The van der Waals surface area contributed by atoms with E-state index in [2.05, 4.69) is 21.5 Å². The maximum atomic E-state index is 12.6. The fourth-order valence-corrected chi connectivity index (χ4v) is 3.60. The number of anilines is 1. The van der Waals surface area contributed by atoms with Crippen molar-refractivity contribution in [1.29, 1.82) is 0 Å². The van der Waals surface area contributed by atoms with Gasteiger partial charge >= 0.3 is 0 Å². The number of nitrogens with zero attached hydrogens (tertiary/aromatic N) is 2. The fourth-order valence-electron chi connectivity index (χ4n) is 3.60. The maximum absolute atomic E-state index is 12.6. The van der Waals surface area contributed by atoms with Crippen LogP contribution in [0.4, 0.5) is 5.82 Å². The van der Waals surface area contributed by atoms with Gasteiger partial charge in [-0.25, -0.2) is 4.68 Å². The minimum atomic E-state index is -0.0559. The Morgan fingerprint density at radius 2 is 1.93 bits per heavy atom. The molecule has 0 aliphatic carbocycles. The van der Waals surface area contributed by atoms with E-state index in [0.29, 0.717) is 36.7 Å². The van der Waals surface area contributed by atoms with Crippen molar-refractivity contribution in [1.82, 2.24) is 14.8 Å². The predicted molar refractivity (Wildman–Crippen MR) is 116 cm³/mol. The Kier molecular flexibility index (Phi) is 5.70. The topological polar surface area (TPSA) is 81.2 Å². The maximum Gasteiger partial charge on any atom is 0.225 e. The monoisotopic (exact) mass is 404 g/mol. The summed E-state index contributed by atoms with van der Waals surface area (Å²) in [6.07, 6.45) is 4.68. The summed E-state index contributed by atoms with van der Waals surface area (Å²) in [6, 6.07) is 15.6. The minimum absolute atomic E-state index is 0.0559. The van der Waals surface area contributed by atoms with Crippen LogP contribution in [0.15, 0.2) is 60.9 Å². The molecular formula is C23H24N4O3. The molecule has 0 radical (unpaired) electrons. The molecule has 30 heavy (non-hydrogen) atoms. The summed E-state index contributed by atoms with van der Waals surface area (Å²) in [5.41, 5.74) is 3.13. The van der Waals surface area contributed by atoms with Crippen LogP contribution < -0.4 is 14.8 Å². The average molecular weight is 404 g/mol. The Labute approximate surface area is 174 Å². The number of amides is 1. The molecule has 2 N–H and O–H groups in total. The highest BCUT2D eigenvalue weighted by Crippen LogP contribution is 2.31. The number of para-hydroxylation sites is 2. The third-order valence-corrected chi connectivity index (χ3v) is 5.08. The molecule has 7 nitrogen and oxygen atoms in total. The van der Waals surface area contributed by atoms with E-state index in [0.717, 1.165) is 22.0 Å². The van der Waals surface area contributed by atoms with Crippen molar-refractivity contribution in [2.75, 3.05) is 19.5 Å². The van der Waals surface area contributed by atoms with E-state index < -0.39 is 0 Å². The van der Waals surface area contributed by atoms with Crippen LogP contribution in [0.2, 0.25) is 0 Å². The molecule has 1 amide bonds. The second-order valence-corrected chi connectivity index (χ2v) is 6.93. The second-order valence-electron chi connectivity index (χ2n) is 6.93. The number of rotatable bonds is 8. The van der Waals surface area contributed by atoms with Gasteiger partial charge in [0.25, 0.3) is 0 Å². The summed E-state index contributed by atoms with van der Waals surface area (Å²) < 4.78 is 12.6. The van der Waals surface area contributed by atoms with Gasteiger partial charge in [0.2, 0.25) is 5.91 Å². The van der Waals surface area contributed by atoms with Crippen LogP contribution in [-0.4, -0.2) is 34.9 Å². The van der Waals surface area contributed by atoms with Crippen molar-refractivity contribution in [3.8, 4) is 11.5 Å². The summed E-state index contributed by atoms with van der Waals surface area (Å²) in [7, 11) is 3.22. The zero-order chi connectivity index (χ0) is 20.9. The number of ether oxygens (including phenoxy) is 2. The molecule has 154 valence electrons. The predicted octanol–water partition coefficient (Wildman–Crippen LogP) is 4.00. The summed E-state index contributed by atoms with van der Waals surface area (Å²) in [5, 5.41) is 8.47. The molecule has 2 aromatic heterocycles. The largest absolute Gasteiger partial charge is 0.493 e. The van der Waals surface area contributed by atoms with Gasteiger partial charge in [-0.15, -0.1) is 0 Å². The molecule has 2 aromatic carbocycles. The third-order valence-electron chi connectivity index (χ3n) is 5.08. The van der Waals surface area contributed by atoms with Gasteiger partial charge in [-0.05, 0) is 24.1 Å². The number of hydrogen-bond donors (Lipinski definition) is 2. The number of nitrogens with one attached hydrogen (secondary N) is 2. The molecule has 0 aliphatic rings. The third kappa shape index (κ3) is 4.00. The van der Waals surface area contributed by atoms with Crippen LogP contribution >= 0.6 is 0 Å². The Bertz CT molecular complexity index is 1160. The lowest BCUT2D eigenvalue weighted by Crippen LogP contribution is -2.16. The highest BCUT2D eigenvalue weighted by Gasteiger charge is 2.14. The van der Waals surface area contributed by atoms with Gasteiger partial charge in [0, 0.05) is 35.2 Å². The van der Waals surface area contributed by atoms with E-state index in [1.54, 1.807) is 31.2 Å². The number of methoxy groups -OCH3 is 2. The molecule has 0 atom stereocenters. The molecule has 0 fully saturated rings. The van der Waals surface area contributed by atoms with Crippen LogP contribution in [0.3, 0.4) is 0 Å². The quantitative estimate of drug-likeness (QED) is 0.465. The smallest absolute Gasteiger partial charge is 0.225 e. The normalized spacial score (nSPS) is 10.9. The number of aromatic amines is 1. The van der Waals surface area contributed by atoms with E-state index in [-0.39, 0.29) is 5.91 Å². The summed E-state index contributed by atoms with van der Waals surface area (Å²) in [5.74, 6) is 1.90. The van der Waals surface area contributed by atoms with Gasteiger partial charge < -0.3 is 19.8 Å². The van der Waals surface area contributed by atoms with Crippen LogP contribution in [-0.2, 0) is 17.8 Å². The van der Waals surface area contributed by atoms with Crippen molar-refractivity contribution in [3.63, 3.8) is 0 Å². The Balaban J connectivity index is 1.43. The van der Waals surface area contributed by atoms with E-state index in [4.69, 9.17) is 9.47 Å². The first-order valence-electron chi connectivity index (χ1n) is 9.76. The lowest BCUT2D eigenvalue weighted by atomic mass is 10.1. The Morgan fingerprint density at radius 3 is 2.77 bits per heavy atom. The number of aryl methyl sites for hydroxylation is 1. The average Bonchev–Trinajstić information content (AvgIpc) is 3.38. The lowest BCUT2D eigenvalue weighted by molar-refractivity contribution is -0.116. The van der Waals surface area contributed by atoms with Crippen LogP contribution in [0.5, 0.6) is 11.5 Å². The number of H-pyrrole nitrogens is 1. The SMILES string of the molecule is COc1cccc(Cn2nccc2NC(=O)CCc2c[nH]c3ccccc23)c1OC. The van der Waals surface area contributed by atoms with Crippen molar-refractivity contribution >= 4 is 22.6 Å². The molecular weight excluding hydrogens is 380 g/mol. The molecule has 0 spiro atoms. The number of hydrogen-bond acceptors (Lipinski definition) is 4. The van der Waals surface area contributed by atoms with E-state index in [9.17, 15) is 4.79 Å². The van der Waals surface area contributed by atoms with E-state index in [1.165, 1.54) is 0 Å². The number of aromatic nitrogens is 3. The fraction of sp³-hybridized carbons (Fsp3) is 0.217. The molecule has 0 saturated carbocycles. The number of benzene rings is 2. The highest BCUT2D eigenvalue weighted by atomic mass is 16.5. The number of fused-ring (bicyclic) bond motifs is 1. The zero-order valence-electron chi connectivity index (χ0n) is 17.0. The first kappa shape index (κ1) is 19.6. The molecule has 0 saturated heterocycles. The first-order valence-corrected chi connectivity index (χ1v) is 9.76. The number of carbonyl (C=O) groups is 1. The highest BCUT2D eigenvalue weighted by molar-refractivity contribution is 5.90. The molecule has 7 heteroatoms. The Hall–Kier alpha value is -3.74. The summed E-state index contributed by atoms with van der Waals surface area (Å²) in [6.45, 7) is 0.450. The van der Waals surface area contributed by atoms with E-state index >= 15 is 0 Å². The van der Waals surface area contributed by atoms with Crippen LogP contribution in [0, 0.1) is 0 Å². The van der Waals surface area contributed by atoms with Gasteiger partial charge in [-0.3, -0.25) is 4.79 Å². The first-order chi connectivity index (χ1) is 14.7. The molecule has 2 heterocycles. The molecule has 0 unspecified atom stereocenters. The standard InChI is InChI=1S/C23H24N4O3/c1-29-20-9-5-6-17(23(20)30-2)15-27-21(12-13-25-27)26-22(28)11-10-16-14-24-19-8-4-3-7-18(16)19/h3-9,12-14,24H,10-11,15H2,1-2H3,(H,26,28). The van der Waals surface area contributed by atoms with Crippen molar-refractivity contribution < 1.29 is 14.3 Å². The van der Waals surface area contributed by atoms with Crippen LogP contribution in [0.1, 0.15) is 17.5 Å². The molecule has 0 aliphatic heterocycles. The summed E-state index contributed by atoms with van der Waals surface area (Å²) >= 11 is 0. The summed E-state index contributed by atoms with van der Waals surface area (Å²) in [4.78, 5) is 15.8. The van der Waals surface area contributed by atoms with Crippen molar-refractivity contribution in [3.05, 3.63) is 72.1 Å². The van der Waals surface area contributed by atoms with Gasteiger partial charge in [0.05, 0.1) is 27.0 Å². The van der Waals surface area contributed by atoms with Crippen molar-refractivity contribution in [2.24, 2.45) is 0 Å². The molecule has 4 rings (SSSR count). The van der Waals surface area contributed by atoms with Gasteiger partial charge in [-0.2, -0.15) is 5.10 Å². The molecule has 4 aromatic rings. The zero-order valence-corrected chi connectivity index (χ0v) is 17.0. The molecule has 0 bridgehead atoms. The minimum Gasteiger partial charge on any atom is -0.493 e.